The second-order valence-corrected chi connectivity index (χ2v) is 4.83. The van der Waals surface area contributed by atoms with Crippen molar-refractivity contribution in [3.63, 3.8) is 0 Å². The summed E-state index contributed by atoms with van der Waals surface area (Å²) >= 11 is 5.17. The Labute approximate surface area is 88.1 Å². The predicted octanol–water partition coefficient (Wildman–Crippen LogP) is 2.79. The quantitative estimate of drug-likeness (QED) is 0.826. The van der Waals surface area contributed by atoms with Gasteiger partial charge in [0.05, 0.1) is 10.6 Å². The number of aromatic amines is 1. The van der Waals surface area contributed by atoms with Crippen molar-refractivity contribution in [3.8, 4) is 10.6 Å². The lowest BCUT2D eigenvalue weighted by molar-refractivity contribution is 1.11. The summed E-state index contributed by atoms with van der Waals surface area (Å²) in [5.74, 6) is 0.525. The van der Waals surface area contributed by atoms with Gasteiger partial charge in [-0.15, -0.1) is 11.3 Å². The highest BCUT2D eigenvalue weighted by Gasteiger charge is 2.06. The van der Waals surface area contributed by atoms with Gasteiger partial charge in [0.25, 0.3) is 0 Å². The molecule has 0 unspecified atom stereocenters. The molecule has 0 aliphatic carbocycles. The maximum atomic E-state index is 5.51. The van der Waals surface area contributed by atoms with Gasteiger partial charge in [0.2, 0.25) is 0 Å². The SMILES string of the molecule is Cc1sc(-c2cc(N)n[nH]2)cc1Br. The first-order chi connectivity index (χ1) is 6.16. The maximum Gasteiger partial charge on any atom is 0.145 e. The van der Waals surface area contributed by atoms with E-state index in [4.69, 9.17) is 5.73 Å². The molecule has 0 amide bonds. The summed E-state index contributed by atoms with van der Waals surface area (Å²) in [6.07, 6.45) is 0. The second-order valence-electron chi connectivity index (χ2n) is 2.72. The minimum absolute atomic E-state index is 0.525. The number of aryl methyl sites for hydroxylation is 1. The Bertz CT molecular complexity index is 413. The molecule has 2 heterocycles. The van der Waals surface area contributed by atoms with Crippen LogP contribution >= 0.6 is 27.3 Å². The first-order valence-electron chi connectivity index (χ1n) is 3.74. The lowest BCUT2D eigenvalue weighted by Crippen LogP contribution is -1.81. The topological polar surface area (TPSA) is 54.7 Å². The van der Waals surface area contributed by atoms with Crippen LogP contribution in [-0.2, 0) is 0 Å². The fraction of sp³-hybridized carbons (Fsp3) is 0.125. The van der Waals surface area contributed by atoms with Crippen LogP contribution in [0.2, 0.25) is 0 Å². The van der Waals surface area contributed by atoms with E-state index in [1.807, 2.05) is 6.07 Å². The van der Waals surface area contributed by atoms with E-state index in [1.165, 1.54) is 4.88 Å². The molecule has 2 aromatic heterocycles. The van der Waals surface area contributed by atoms with Crippen LogP contribution in [-0.4, -0.2) is 10.2 Å². The summed E-state index contributed by atoms with van der Waals surface area (Å²) in [4.78, 5) is 2.40. The summed E-state index contributed by atoms with van der Waals surface area (Å²) in [5, 5.41) is 6.75. The van der Waals surface area contributed by atoms with Crippen LogP contribution in [0.1, 0.15) is 4.88 Å². The van der Waals surface area contributed by atoms with Gasteiger partial charge in [0, 0.05) is 15.4 Å². The molecule has 2 aromatic rings. The van der Waals surface area contributed by atoms with Crippen molar-refractivity contribution in [1.29, 1.82) is 0 Å². The number of hydrogen-bond acceptors (Lipinski definition) is 3. The maximum absolute atomic E-state index is 5.51. The van der Waals surface area contributed by atoms with Gasteiger partial charge in [0.15, 0.2) is 0 Å². The van der Waals surface area contributed by atoms with Gasteiger partial charge in [-0.2, -0.15) is 5.10 Å². The Morgan fingerprint density at radius 2 is 2.31 bits per heavy atom. The molecule has 3 N–H and O–H groups in total. The summed E-state index contributed by atoms with van der Waals surface area (Å²) < 4.78 is 1.13. The highest BCUT2D eigenvalue weighted by molar-refractivity contribution is 9.10. The molecule has 68 valence electrons. The number of halogens is 1. The standard InChI is InChI=1S/C8H8BrN3S/c1-4-5(9)2-7(13-4)6-3-8(10)12-11-6/h2-3H,1H3,(H3,10,11,12). The third-order valence-electron chi connectivity index (χ3n) is 1.72. The van der Waals surface area contributed by atoms with Crippen LogP contribution in [0.15, 0.2) is 16.6 Å². The summed E-state index contributed by atoms with van der Waals surface area (Å²) in [5.41, 5.74) is 6.48. The van der Waals surface area contributed by atoms with Gasteiger partial charge in [-0.1, -0.05) is 0 Å². The zero-order valence-electron chi connectivity index (χ0n) is 6.97. The predicted molar refractivity (Wildman–Crippen MR) is 58.8 cm³/mol. The molecule has 0 fully saturated rings. The minimum Gasteiger partial charge on any atom is -0.382 e. The molecule has 0 aliphatic heterocycles. The molecule has 13 heavy (non-hydrogen) atoms. The largest absolute Gasteiger partial charge is 0.382 e. The van der Waals surface area contributed by atoms with Crippen LogP contribution in [0.3, 0.4) is 0 Å². The first kappa shape index (κ1) is 8.77. The first-order valence-corrected chi connectivity index (χ1v) is 5.35. The van der Waals surface area contributed by atoms with Crippen molar-refractivity contribution in [2.24, 2.45) is 0 Å². The zero-order valence-corrected chi connectivity index (χ0v) is 9.37. The molecular formula is C8H8BrN3S. The third kappa shape index (κ3) is 1.62. The number of anilines is 1. The molecule has 0 atom stereocenters. The van der Waals surface area contributed by atoms with Crippen LogP contribution in [0.25, 0.3) is 10.6 Å². The molecule has 0 spiro atoms. The summed E-state index contributed by atoms with van der Waals surface area (Å²) in [6, 6.07) is 3.89. The van der Waals surface area contributed by atoms with Crippen molar-refractivity contribution < 1.29 is 0 Å². The normalized spacial score (nSPS) is 10.6. The minimum atomic E-state index is 0.525. The van der Waals surface area contributed by atoms with Crippen LogP contribution in [0, 0.1) is 6.92 Å². The highest BCUT2D eigenvalue weighted by Crippen LogP contribution is 2.33. The highest BCUT2D eigenvalue weighted by atomic mass is 79.9. The molecule has 0 aromatic carbocycles. The van der Waals surface area contributed by atoms with E-state index >= 15 is 0 Å². The van der Waals surface area contributed by atoms with Crippen molar-refractivity contribution in [1.82, 2.24) is 10.2 Å². The zero-order chi connectivity index (χ0) is 9.42. The molecule has 2 rings (SSSR count). The number of thiophene rings is 1. The lowest BCUT2D eigenvalue weighted by Gasteiger charge is -1.86. The molecule has 0 radical (unpaired) electrons. The van der Waals surface area contributed by atoms with Crippen molar-refractivity contribution in [3.05, 3.63) is 21.5 Å². The number of nitrogens with one attached hydrogen (secondary N) is 1. The van der Waals surface area contributed by atoms with Gasteiger partial charge >= 0.3 is 0 Å². The van der Waals surface area contributed by atoms with E-state index in [9.17, 15) is 0 Å². The number of nitrogen functional groups attached to an aromatic ring is 1. The fourth-order valence-electron chi connectivity index (χ4n) is 1.06. The number of H-pyrrole nitrogens is 1. The Morgan fingerprint density at radius 1 is 1.54 bits per heavy atom. The fourth-order valence-corrected chi connectivity index (χ4v) is 2.56. The molecule has 0 aliphatic rings. The van der Waals surface area contributed by atoms with Gasteiger partial charge in [-0.05, 0) is 28.9 Å². The smallest absolute Gasteiger partial charge is 0.145 e. The monoisotopic (exact) mass is 257 g/mol. The Kier molecular flexibility index (Phi) is 2.13. The molecular weight excluding hydrogens is 250 g/mol. The lowest BCUT2D eigenvalue weighted by atomic mass is 10.3. The number of rotatable bonds is 1. The van der Waals surface area contributed by atoms with E-state index in [-0.39, 0.29) is 0 Å². The Balaban J connectivity index is 2.46. The molecule has 0 saturated heterocycles. The molecule has 5 heteroatoms. The van der Waals surface area contributed by atoms with Gasteiger partial charge in [-0.3, -0.25) is 5.10 Å². The number of nitrogens with zero attached hydrogens (tertiary/aromatic N) is 1. The van der Waals surface area contributed by atoms with Crippen molar-refractivity contribution >= 4 is 33.1 Å². The third-order valence-corrected chi connectivity index (χ3v) is 3.89. The van der Waals surface area contributed by atoms with E-state index in [0.717, 1.165) is 15.0 Å². The average molecular weight is 258 g/mol. The van der Waals surface area contributed by atoms with Crippen LogP contribution < -0.4 is 5.73 Å². The van der Waals surface area contributed by atoms with Gasteiger partial charge < -0.3 is 5.73 Å². The number of hydrogen-bond donors (Lipinski definition) is 2. The summed E-state index contributed by atoms with van der Waals surface area (Å²) in [7, 11) is 0. The molecule has 3 nitrogen and oxygen atoms in total. The number of nitrogens with two attached hydrogens (primary N) is 1. The van der Waals surface area contributed by atoms with E-state index in [2.05, 4.69) is 39.1 Å². The van der Waals surface area contributed by atoms with Gasteiger partial charge in [0.1, 0.15) is 5.82 Å². The Hall–Kier alpha value is -0.810. The van der Waals surface area contributed by atoms with Crippen LogP contribution in [0.4, 0.5) is 5.82 Å². The van der Waals surface area contributed by atoms with E-state index in [1.54, 1.807) is 11.3 Å². The van der Waals surface area contributed by atoms with E-state index < -0.39 is 0 Å². The Morgan fingerprint density at radius 3 is 2.77 bits per heavy atom. The van der Waals surface area contributed by atoms with Crippen molar-refractivity contribution in [2.75, 3.05) is 5.73 Å². The van der Waals surface area contributed by atoms with E-state index in [0.29, 0.717) is 5.82 Å². The second kappa shape index (κ2) is 3.16. The average Bonchev–Trinajstić information content (AvgIpc) is 2.61. The molecule has 0 bridgehead atoms. The number of aromatic nitrogens is 2. The summed E-state index contributed by atoms with van der Waals surface area (Å²) in [6.45, 7) is 2.07. The van der Waals surface area contributed by atoms with Crippen molar-refractivity contribution in [2.45, 2.75) is 6.92 Å². The van der Waals surface area contributed by atoms with Crippen LogP contribution in [0.5, 0.6) is 0 Å². The van der Waals surface area contributed by atoms with Gasteiger partial charge in [-0.25, -0.2) is 0 Å². The molecule has 0 saturated carbocycles.